The van der Waals surface area contributed by atoms with Crippen LogP contribution in [0.5, 0.6) is 11.5 Å². The van der Waals surface area contributed by atoms with Crippen LogP contribution >= 0.6 is 12.4 Å². The second-order valence-corrected chi connectivity index (χ2v) is 5.53. The maximum Gasteiger partial charge on any atom is 0.387 e. The Morgan fingerprint density at radius 3 is 2.68 bits per heavy atom. The van der Waals surface area contributed by atoms with E-state index >= 15 is 0 Å². The average Bonchev–Trinajstić information content (AvgIpc) is 2.43. The van der Waals surface area contributed by atoms with Crippen LogP contribution in [-0.4, -0.2) is 37.8 Å². The average molecular weight is 337 g/mol. The summed E-state index contributed by atoms with van der Waals surface area (Å²) in [5, 5.41) is 0. The van der Waals surface area contributed by atoms with Gasteiger partial charge in [0.1, 0.15) is 0 Å². The van der Waals surface area contributed by atoms with Crippen molar-refractivity contribution < 1.29 is 18.3 Å². The molecule has 2 unspecified atom stereocenters. The number of nitrogens with zero attached hydrogens (tertiary/aromatic N) is 1. The molecule has 7 heteroatoms. The van der Waals surface area contributed by atoms with E-state index < -0.39 is 6.61 Å². The smallest absolute Gasteiger partial charge is 0.387 e. The summed E-state index contributed by atoms with van der Waals surface area (Å²) in [4.78, 5) is 2.28. The predicted octanol–water partition coefficient (Wildman–Crippen LogP) is 2.89. The van der Waals surface area contributed by atoms with Gasteiger partial charge in [0.25, 0.3) is 0 Å². The molecule has 1 heterocycles. The molecule has 1 fully saturated rings. The van der Waals surface area contributed by atoms with Gasteiger partial charge in [-0.25, -0.2) is 0 Å². The first-order valence-electron chi connectivity index (χ1n) is 7.09. The molecule has 2 N–H and O–H groups in total. The first kappa shape index (κ1) is 18.9. The maximum absolute atomic E-state index is 12.4. The largest absolute Gasteiger partial charge is 0.493 e. The van der Waals surface area contributed by atoms with Crippen molar-refractivity contribution in [3.05, 3.63) is 23.8 Å². The number of benzene rings is 1. The van der Waals surface area contributed by atoms with Gasteiger partial charge in [0, 0.05) is 19.1 Å². The van der Waals surface area contributed by atoms with Crippen molar-refractivity contribution in [3.8, 4) is 11.5 Å². The minimum absolute atomic E-state index is 0. The molecule has 1 aromatic rings. The van der Waals surface area contributed by atoms with Crippen molar-refractivity contribution in [1.29, 1.82) is 0 Å². The van der Waals surface area contributed by atoms with E-state index in [1.807, 2.05) is 6.07 Å². The van der Waals surface area contributed by atoms with E-state index in [9.17, 15) is 8.78 Å². The molecule has 1 aliphatic heterocycles. The number of rotatable bonds is 5. The van der Waals surface area contributed by atoms with Crippen LogP contribution in [-0.2, 0) is 6.54 Å². The van der Waals surface area contributed by atoms with Gasteiger partial charge in [0.05, 0.1) is 7.11 Å². The van der Waals surface area contributed by atoms with E-state index in [1.165, 1.54) is 7.11 Å². The quantitative estimate of drug-likeness (QED) is 0.898. The molecular formula is C15H23ClF2N2O2. The lowest BCUT2D eigenvalue weighted by atomic mass is 9.94. The summed E-state index contributed by atoms with van der Waals surface area (Å²) < 4.78 is 34.4. The molecule has 1 aromatic carbocycles. The van der Waals surface area contributed by atoms with Gasteiger partial charge >= 0.3 is 6.61 Å². The standard InChI is InChI=1S/C15H22F2N2O2.ClH/c1-10-8-19(6-5-12(10)18)9-11-3-4-13(20-2)14(7-11)21-15(16)17;/h3-4,7,10,12,15H,5-6,8-9,18H2,1-2H3;1H. The second kappa shape index (κ2) is 8.50. The summed E-state index contributed by atoms with van der Waals surface area (Å²) in [5.74, 6) is 0.827. The molecule has 0 radical (unpaired) electrons. The summed E-state index contributed by atoms with van der Waals surface area (Å²) in [5.41, 5.74) is 6.93. The Balaban J connectivity index is 0.00000242. The SMILES string of the molecule is COc1ccc(CN2CCC(N)C(C)C2)cc1OC(F)F.Cl. The van der Waals surface area contributed by atoms with Crippen LogP contribution in [0.1, 0.15) is 18.9 Å². The van der Waals surface area contributed by atoms with Crippen molar-refractivity contribution in [2.75, 3.05) is 20.2 Å². The summed E-state index contributed by atoms with van der Waals surface area (Å²) >= 11 is 0. The normalized spacial score (nSPS) is 22.3. The van der Waals surface area contributed by atoms with Crippen molar-refractivity contribution >= 4 is 12.4 Å². The van der Waals surface area contributed by atoms with E-state index in [4.69, 9.17) is 10.5 Å². The Hall–Kier alpha value is -1.11. The predicted molar refractivity (Wildman–Crippen MR) is 83.9 cm³/mol. The first-order valence-corrected chi connectivity index (χ1v) is 7.09. The van der Waals surface area contributed by atoms with Gasteiger partial charge in [-0.15, -0.1) is 12.4 Å². The fourth-order valence-corrected chi connectivity index (χ4v) is 2.66. The molecule has 1 saturated heterocycles. The lowest BCUT2D eigenvalue weighted by Crippen LogP contribution is -2.45. The number of ether oxygens (including phenoxy) is 2. The fraction of sp³-hybridized carbons (Fsp3) is 0.600. The highest BCUT2D eigenvalue weighted by atomic mass is 35.5. The van der Waals surface area contributed by atoms with Gasteiger partial charge in [-0.05, 0) is 36.6 Å². The maximum atomic E-state index is 12.4. The van der Waals surface area contributed by atoms with Gasteiger partial charge in [-0.1, -0.05) is 13.0 Å². The Labute approximate surface area is 136 Å². The summed E-state index contributed by atoms with van der Waals surface area (Å²) in [6.07, 6.45) is 0.956. The molecule has 0 bridgehead atoms. The van der Waals surface area contributed by atoms with Crippen molar-refractivity contribution in [3.63, 3.8) is 0 Å². The highest BCUT2D eigenvalue weighted by Crippen LogP contribution is 2.30. The van der Waals surface area contributed by atoms with E-state index in [1.54, 1.807) is 12.1 Å². The topological polar surface area (TPSA) is 47.7 Å². The Morgan fingerprint density at radius 2 is 2.09 bits per heavy atom. The van der Waals surface area contributed by atoms with Crippen LogP contribution in [0.4, 0.5) is 8.78 Å². The highest BCUT2D eigenvalue weighted by molar-refractivity contribution is 5.85. The third kappa shape index (κ3) is 4.97. The first-order chi connectivity index (χ1) is 9.99. The van der Waals surface area contributed by atoms with Gasteiger partial charge in [-0.2, -0.15) is 8.78 Å². The fourth-order valence-electron chi connectivity index (χ4n) is 2.66. The number of halogens is 3. The molecule has 22 heavy (non-hydrogen) atoms. The van der Waals surface area contributed by atoms with Crippen LogP contribution in [0.15, 0.2) is 18.2 Å². The van der Waals surface area contributed by atoms with E-state index in [0.29, 0.717) is 18.2 Å². The van der Waals surface area contributed by atoms with Crippen molar-refractivity contribution in [1.82, 2.24) is 4.90 Å². The monoisotopic (exact) mass is 336 g/mol. The van der Waals surface area contributed by atoms with E-state index in [2.05, 4.69) is 16.6 Å². The molecule has 126 valence electrons. The summed E-state index contributed by atoms with van der Waals surface area (Å²) in [6.45, 7) is 1.81. The second-order valence-electron chi connectivity index (χ2n) is 5.53. The van der Waals surface area contributed by atoms with Crippen molar-refractivity contribution in [2.45, 2.75) is 32.5 Å². The summed E-state index contributed by atoms with van der Waals surface area (Å²) in [6, 6.07) is 5.39. The molecule has 2 atom stereocenters. The van der Waals surface area contributed by atoms with E-state index in [0.717, 1.165) is 25.1 Å². The molecule has 0 aromatic heterocycles. The van der Waals surface area contributed by atoms with Crippen LogP contribution in [0.3, 0.4) is 0 Å². The lowest BCUT2D eigenvalue weighted by molar-refractivity contribution is -0.0512. The molecule has 0 amide bonds. The molecule has 2 rings (SSSR count). The number of hydrogen-bond donors (Lipinski definition) is 1. The lowest BCUT2D eigenvalue weighted by Gasteiger charge is -2.35. The Kier molecular flexibility index (Phi) is 7.32. The Bertz CT molecular complexity index is 477. The van der Waals surface area contributed by atoms with Gasteiger partial charge in [0.2, 0.25) is 0 Å². The van der Waals surface area contributed by atoms with Gasteiger partial charge < -0.3 is 15.2 Å². The molecule has 0 aliphatic carbocycles. The van der Waals surface area contributed by atoms with Crippen LogP contribution in [0.2, 0.25) is 0 Å². The minimum atomic E-state index is -2.86. The number of methoxy groups -OCH3 is 1. The van der Waals surface area contributed by atoms with Gasteiger partial charge in [0.15, 0.2) is 11.5 Å². The van der Waals surface area contributed by atoms with Crippen LogP contribution in [0.25, 0.3) is 0 Å². The van der Waals surface area contributed by atoms with Crippen LogP contribution in [0, 0.1) is 5.92 Å². The number of piperidine rings is 1. The van der Waals surface area contributed by atoms with Crippen LogP contribution < -0.4 is 15.2 Å². The molecule has 0 saturated carbocycles. The molecule has 0 spiro atoms. The van der Waals surface area contributed by atoms with E-state index in [-0.39, 0.29) is 24.2 Å². The summed E-state index contributed by atoms with van der Waals surface area (Å²) in [7, 11) is 1.43. The molecular weight excluding hydrogens is 314 g/mol. The van der Waals surface area contributed by atoms with Crippen molar-refractivity contribution in [2.24, 2.45) is 11.7 Å². The zero-order valence-corrected chi connectivity index (χ0v) is 13.6. The third-order valence-corrected chi connectivity index (χ3v) is 3.91. The number of likely N-dealkylation sites (tertiary alicyclic amines) is 1. The molecule has 1 aliphatic rings. The molecule has 4 nitrogen and oxygen atoms in total. The van der Waals surface area contributed by atoms with Gasteiger partial charge in [-0.3, -0.25) is 4.90 Å². The number of hydrogen-bond acceptors (Lipinski definition) is 4. The Morgan fingerprint density at radius 1 is 1.36 bits per heavy atom. The highest BCUT2D eigenvalue weighted by Gasteiger charge is 2.23. The third-order valence-electron chi connectivity index (χ3n) is 3.91. The zero-order chi connectivity index (χ0) is 15.4. The minimum Gasteiger partial charge on any atom is -0.493 e. The number of nitrogens with two attached hydrogens (primary N) is 1. The number of alkyl halides is 2. The zero-order valence-electron chi connectivity index (χ0n) is 12.8.